The van der Waals surface area contributed by atoms with E-state index in [2.05, 4.69) is 10.3 Å². The van der Waals surface area contributed by atoms with Crippen LogP contribution in [0, 0.1) is 6.92 Å². The number of carboxylic acids is 1. The minimum absolute atomic E-state index is 0.0774. The molecule has 1 heterocycles. The highest BCUT2D eigenvalue weighted by atomic mass is 16.4. The molecule has 0 atom stereocenters. The first kappa shape index (κ1) is 14.9. The Hall–Kier alpha value is -2.11. The molecule has 6 heteroatoms. The summed E-state index contributed by atoms with van der Waals surface area (Å²) >= 11 is 0. The van der Waals surface area contributed by atoms with Gasteiger partial charge in [0.2, 0.25) is 0 Å². The number of pyridine rings is 1. The van der Waals surface area contributed by atoms with Gasteiger partial charge in [-0.3, -0.25) is 9.78 Å². The van der Waals surface area contributed by atoms with E-state index in [-0.39, 0.29) is 19.0 Å². The highest BCUT2D eigenvalue weighted by Crippen LogP contribution is 2.03. The number of carboxylic acid groups (broad SMARTS) is 1. The van der Waals surface area contributed by atoms with Crippen LogP contribution < -0.4 is 5.32 Å². The maximum absolute atomic E-state index is 11.8. The van der Waals surface area contributed by atoms with E-state index in [0.29, 0.717) is 13.1 Å². The van der Waals surface area contributed by atoms with E-state index in [1.165, 1.54) is 0 Å². The van der Waals surface area contributed by atoms with Gasteiger partial charge >= 0.3 is 12.0 Å². The van der Waals surface area contributed by atoms with Crippen LogP contribution in [0.15, 0.2) is 18.2 Å². The largest absolute Gasteiger partial charge is 0.481 e. The van der Waals surface area contributed by atoms with E-state index in [9.17, 15) is 9.59 Å². The molecule has 6 nitrogen and oxygen atoms in total. The van der Waals surface area contributed by atoms with Crippen molar-refractivity contribution in [2.24, 2.45) is 0 Å². The molecule has 1 rings (SSSR count). The molecule has 0 unspecified atom stereocenters. The lowest BCUT2D eigenvalue weighted by molar-refractivity contribution is -0.136. The first-order valence-electron chi connectivity index (χ1n) is 6.20. The van der Waals surface area contributed by atoms with E-state index in [1.54, 1.807) is 4.90 Å². The zero-order valence-electron chi connectivity index (χ0n) is 11.2. The minimum atomic E-state index is -0.927. The molecule has 0 aliphatic carbocycles. The van der Waals surface area contributed by atoms with E-state index < -0.39 is 5.97 Å². The number of carbonyl (C=O) groups is 2. The summed E-state index contributed by atoms with van der Waals surface area (Å²) in [7, 11) is 0. The van der Waals surface area contributed by atoms with Gasteiger partial charge in [0.1, 0.15) is 0 Å². The third-order valence-electron chi connectivity index (χ3n) is 2.58. The first-order chi connectivity index (χ1) is 9.02. The van der Waals surface area contributed by atoms with Crippen LogP contribution in [-0.2, 0) is 11.3 Å². The van der Waals surface area contributed by atoms with Gasteiger partial charge in [0.05, 0.1) is 18.7 Å². The Labute approximate surface area is 112 Å². The van der Waals surface area contributed by atoms with Crippen LogP contribution in [-0.4, -0.2) is 40.1 Å². The van der Waals surface area contributed by atoms with Gasteiger partial charge in [-0.1, -0.05) is 6.07 Å². The molecule has 0 aromatic carbocycles. The molecule has 0 saturated heterocycles. The number of nitrogens with zero attached hydrogens (tertiary/aromatic N) is 2. The standard InChI is InChI=1S/C13H19N3O3/c1-3-16(13(19)14-8-7-12(17)18)9-11-6-4-5-10(2)15-11/h4-6H,3,7-9H2,1-2H3,(H,14,19)(H,17,18). The predicted octanol–water partition coefficient (Wildman–Crippen LogP) is 1.40. The number of rotatable bonds is 6. The van der Waals surface area contributed by atoms with E-state index >= 15 is 0 Å². The van der Waals surface area contributed by atoms with Crippen LogP contribution in [0.25, 0.3) is 0 Å². The fourth-order valence-corrected chi connectivity index (χ4v) is 1.60. The molecule has 0 bridgehead atoms. The zero-order valence-corrected chi connectivity index (χ0v) is 11.2. The van der Waals surface area contributed by atoms with Gasteiger partial charge in [0.25, 0.3) is 0 Å². The maximum atomic E-state index is 11.8. The number of nitrogens with one attached hydrogen (secondary N) is 1. The van der Waals surface area contributed by atoms with Crippen molar-refractivity contribution in [3.05, 3.63) is 29.6 Å². The average Bonchev–Trinajstić information content (AvgIpc) is 2.35. The number of carbonyl (C=O) groups excluding carboxylic acids is 1. The molecule has 0 aliphatic heterocycles. The van der Waals surface area contributed by atoms with E-state index in [0.717, 1.165) is 11.4 Å². The smallest absolute Gasteiger partial charge is 0.317 e. The predicted molar refractivity (Wildman–Crippen MR) is 70.7 cm³/mol. The van der Waals surface area contributed by atoms with Crippen LogP contribution in [0.5, 0.6) is 0 Å². The number of hydrogen-bond acceptors (Lipinski definition) is 3. The van der Waals surface area contributed by atoms with Crippen molar-refractivity contribution in [1.82, 2.24) is 15.2 Å². The minimum Gasteiger partial charge on any atom is -0.481 e. The van der Waals surface area contributed by atoms with Crippen molar-refractivity contribution in [2.75, 3.05) is 13.1 Å². The van der Waals surface area contributed by atoms with E-state index in [4.69, 9.17) is 5.11 Å². The summed E-state index contributed by atoms with van der Waals surface area (Å²) in [6, 6.07) is 5.38. The number of aryl methyl sites for hydroxylation is 1. The van der Waals surface area contributed by atoms with Crippen LogP contribution in [0.4, 0.5) is 4.79 Å². The molecule has 2 amide bonds. The number of urea groups is 1. The lowest BCUT2D eigenvalue weighted by atomic mass is 10.3. The van der Waals surface area contributed by atoms with Crippen LogP contribution in [0.3, 0.4) is 0 Å². The topological polar surface area (TPSA) is 82.5 Å². The van der Waals surface area contributed by atoms with Gasteiger partial charge < -0.3 is 15.3 Å². The quantitative estimate of drug-likeness (QED) is 0.814. The molecular weight excluding hydrogens is 246 g/mol. The third-order valence-corrected chi connectivity index (χ3v) is 2.58. The van der Waals surface area contributed by atoms with Crippen molar-refractivity contribution in [3.8, 4) is 0 Å². The Morgan fingerprint density at radius 2 is 2.16 bits per heavy atom. The number of aliphatic carboxylic acids is 1. The van der Waals surface area contributed by atoms with Gasteiger partial charge in [-0.15, -0.1) is 0 Å². The lowest BCUT2D eigenvalue weighted by Crippen LogP contribution is -2.40. The normalized spacial score (nSPS) is 10.0. The van der Waals surface area contributed by atoms with Crippen molar-refractivity contribution in [3.63, 3.8) is 0 Å². The molecule has 0 spiro atoms. The zero-order chi connectivity index (χ0) is 14.3. The van der Waals surface area contributed by atoms with Crippen molar-refractivity contribution in [2.45, 2.75) is 26.8 Å². The fourth-order valence-electron chi connectivity index (χ4n) is 1.60. The van der Waals surface area contributed by atoms with Crippen LogP contribution in [0.1, 0.15) is 24.7 Å². The monoisotopic (exact) mass is 265 g/mol. The Kier molecular flexibility index (Phi) is 5.78. The molecule has 2 N–H and O–H groups in total. The molecule has 0 aliphatic rings. The highest BCUT2D eigenvalue weighted by molar-refractivity contribution is 5.75. The second-order valence-corrected chi connectivity index (χ2v) is 4.16. The maximum Gasteiger partial charge on any atom is 0.317 e. The van der Waals surface area contributed by atoms with E-state index in [1.807, 2.05) is 32.0 Å². The Morgan fingerprint density at radius 3 is 2.74 bits per heavy atom. The Balaban J connectivity index is 2.52. The van der Waals surface area contributed by atoms with Crippen molar-refractivity contribution < 1.29 is 14.7 Å². The van der Waals surface area contributed by atoms with Gasteiger partial charge in [0.15, 0.2) is 0 Å². The molecule has 19 heavy (non-hydrogen) atoms. The second-order valence-electron chi connectivity index (χ2n) is 4.16. The molecular formula is C13H19N3O3. The first-order valence-corrected chi connectivity index (χ1v) is 6.20. The van der Waals surface area contributed by atoms with Crippen LogP contribution >= 0.6 is 0 Å². The van der Waals surface area contributed by atoms with Crippen LogP contribution in [0.2, 0.25) is 0 Å². The summed E-state index contributed by atoms with van der Waals surface area (Å²) in [6.07, 6.45) is -0.0774. The number of hydrogen-bond donors (Lipinski definition) is 2. The summed E-state index contributed by atoms with van der Waals surface area (Å²) in [5, 5.41) is 11.1. The Morgan fingerprint density at radius 1 is 1.42 bits per heavy atom. The second kappa shape index (κ2) is 7.35. The molecule has 1 aromatic heterocycles. The number of aromatic nitrogens is 1. The highest BCUT2D eigenvalue weighted by Gasteiger charge is 2.12. The van der Waals surface area contributed by atoms with Gasteiger partial charge in [-0.25, -0.2) is 4.79 Å². The summed E-state index contributed by atoms with van der Waals surface area (Å²) in [5.41, 5.74) is 1.72. The molecule has 0 radical (unpaired) electrons. The van der Waals surface area contributed by atoms with Gasteiger partial charge in [-0.05, 0) is 26.0 Å². The SMILES string of the molecule is CCN(Cc1cccc(C)n1)C(=O)NCCC(=O)O. The summed E-state index contributed by atoms with van der Waals surface area (Å²) in [4.78, 5) is 28.1. The molecule has 1 aromatic rings. The van der Waals surface area contributed by atoms with Crippen molar-refractivity contribution in [1.29, 1.82) is 0 Å². The number of amides is 2. The summed E-state index contributed by atoms with van der Waals surface area (Å²) < 4.78 is 0. The molecule has 104 valence electrons. The lowest BCUT2D eigenvalue weighted by Gasteiger charge is -2.21. The molecule has 0 saturated carbocycles. The summed E-state index contributed by atoms with van der Waals surface area (Å²) in [5.74, 6) is -0.927. The third kappa shape index (κ3) is 5.37. The average molecular weight is 265 g/mol. The Bertz CT molecular complexity index is 449. The van der Waals surface area contributed by atoms with Gasteiger partial charge in [0, 0.05) is 18.8 Å². The van der Waals surface area contributed by atoms with Crippen molar-refractivity contribution >= 4 is 12.0 Å². The molecule has 0 fully saturated rings. The summed E-state index contributed by atoms with van der Waals surface area (Å²) in [6.45, 7) is 4.84. The fraction of sp³-hybridized carbons (Fsp3) is 0.462. The van der Waals surface area contributed by atoms with Gasteiger partial charge in [-0.2, -0.15) is 0 Å².